The smallest absolute Gasteiger partial charge is 0.284 e. The molecule has 9 heteroatoms. The Morgan fingerprint density at radius 1 is 1.33 bits per heavy atom. The minimum Gasteiger partial charge on any atom is -0.348 e. The lowest BCUT2D eigenvalue weighted by molar-refractivity contribution is -0.387. The summed E-state index contributed by atoms with van der Waals surface area (Å²) in [6.07, 6.45) is 0. The van der Waals surface area contributed by atoms with Crippen LogP contribution in [0.2, 0.25) is 0 Å². The maximum atomic E-state index is 13.6. The van der Waals surface area contributed by atoms with Crippen LogP contribution in [0, 0.1) is 22.9 Å². The molecule has 1 heterocycles. The molecule has 6 nitrogen and oxygen atoms in total. The number of nitrogens with zero attached hydrogens (tertiary/aromatic N) is 2. The van der Waals surface area contributed by atoms with Crippen molar-refractivity contribution < 1.29 is 14.1 Å². The monoisotopic (exact) mass is 403 g/mol. The minimum atomic E-state index is -0.531. The molecule has 0 spiro atoms. The molecule has 27 heavy (non-hydrogen) atoms. The Labute approximate surface area is 162 Å². The molecular weight excluding hydrogens is 389 g/mol. The quantitative estimate of drug-likeness (QED) is 0.481. The molecule has 0 saturated carbocycles. The van der Waals surface area contributed by atoms with Gasteiger partial charge in [0.2, 0.25) is 0 Å². The van der Waals surface area contributed by atoms with Gasteiger partial charge in [0.05, 0.1) is 9.82 Å². The van der Waals surface area contributed by atoms with E-state index in [1.165, 1.54) is 47.4 Å². The van der Waals surface area contributed by atoms with E-state index in [0.717, 1.165) is 5.69 Å². The van der Waals surface area contributed by atoms with E-state index in [2.05, 4.69) is 10.3 Å². The predicted octanol–water partition coefficient (Wildman–Crippen LogP) is 4.58. The SMILES string of the molecule is Cc1csc(Sc2ccc(C(=O)NCc3ccccc3F)cc2[N+](=O)[O-])n1. The average molecular weight is 403 g/mol. The summed E-state index contributed by atoms with van der Waals surface area (Å²) in [5.41, 5.74) is 1.14. The molecule has 0 unspecified atom stereocenters. The number of benzene rings is 2. The minimum absolute atomic E-state index is 0.00576. The zero-order valence-corrected chi connectivity index (χ0v) is 15.8. The fourth-order valence-electron chi connectivity index (χ4n) is 2.28. The molecule has 1 amide bonds. The van der Waals surface area contributed by atoms with Crippen LogP contribution in [0.3, 0.4) is 0 Å². The molecule has 0 aliphatic heterocycles. The highest BCUT2D eigenvalue weighted by Gasteiger charge is 2.19. The van der Waals surface area contributed by atoms with Gasteiger partial charge in [0.25, 0.3) is 11.6 Å². The van der Waals surface area contributed by atoms with Crippen LogP contribution >= 0.6 is 23.1 Å². The molecule has 3 rings (SSSR count). The Balaban J connectivity index is 1.77. The van der Waals surface area contributed by atoms with E-state index in [9.17, 15) is 19.3 Å². The van der Waals surface area contributed by atoms with Crippen LogP contribution in [0.1, 0.15) is 21.6 Å². The van der Waals surface area contributed by atoms with E-state index in [-0.39, 0.29) is 17.8 Å². The van der Waals surface area contributed by atoms with Gasteiger partial charge >= 0.3 is 0 Å². The highest BCUT2D eigenvalue weighted by Crippen LogP contribution is 2.36. The van der Waals surface area contributed by atoms with Gasteiger partial charge in [0.1, 0.15) is 5.82 Å². The summed E-state index contributed by atoms with van der Waals surface area (Å²) in [6, 6.07) is 10.3. The Morgan fingerprint density at radius 3 is 2.78 bits per heavy atom. The van der Waals surface area contributed by atoms with E-state index in [4.69, 9.17) is 0 Å². The van der Waals surface area contributed by atoms with E-state index >= 15 is 0 Å². The summed E-state index contributed by atoms with van der Waals surface area (Å²) in [5, 5.41) is 15.8. The normalized spacial score (nSPS) is 10.6. The van der Waals surface area contributed by atoms with Crippen molar-refractivity contribution in [3.05, 3.63) is 80.6 Å². The second-order valence-electron chi connectivity index (χ2n) is 5.57. The predicted molar refractivity (Wildman–Crippen MR) is 102 cm³/mol. The number of nitro groups is 1. The summed E-state index contributed by atoms with van der Waals surface area (Å²) in [4.78, 5) is 27.9. The van der Waals surface area contributed by atoms with Gasteiger partial charge in [-0.2, -0.15) is 0 Å². The maximum Gasteiger partial charge on any atom is 0.284 e. The number of aryl methyl sites for hydroxylation is 1. The van der Waals surface area contributed by atoms with Crippen molar-refractivity contribution in [2.45, 2.75) is 22.7 Å². The van der Waals surface area contributed by atoms with Crippen LogP contribution in [0.4, 0.5) is 10.1 Å². The third kappa shape index (κ3) is 4.69. The lowest BCUT2D eigenvalue weighted by atomic mass is 10.1. The Hall–Kier alpha value is -2.78. The highest BCUT2D eigenvalue weighted by atomic mass is 32.2. The summed E-state index contributed by atoms with van der Waals surface area (Å²) in [7, 11) is 0. The molecule has 0 fully saturated rings. The van der Waals surface area contributed by atoms with Crippen molar-refractivity contribution in [3.8, 4) is 0 Å². The molecule has 0 atom stereocenters. The molecule has 0 aliphatic carbocycles. The summed E-state index contributed by atoms with van der Waals surface area (Å²) in [5.74, 6) is -0.933. The molecule has 0 aliphatic rings. The number of halogens is 1. The molecule has 1 aromatic heterocycles. The van der Waals surface area contributed by atoms with Crippen LogP contribution in [0.25, 0.3) is 0 Å². The van der Waals surface area contributed by atoms with E-state index in [1.54, 1.807) is 18.2 Å². The Bertz CT molecular complexity index is 1010. The first-order valence-electron chi connectivity index (χ1n) is 7.84. The topological polar surface area (TPSA) is 85.1 Å². The molecule has 0 radical (unpaired) electrons. The van der Waals surface area contributed by atoms with Crippen LogP contribution in [0.15, 0.2) is 57.1 Å². The number of aromatic nitrogens is 1. The molecule has 0 saturated heterocycles. The lowest BCUT2D eigenvalue weighted by Gasteiger charge is -2.07. The van der Waals surface area contributed by atoms with Crippen molar-refractivity contribution in [1.29, 1.82) is 0 Å². The Kier molecular flexibility index (Phi) is 5.82. The van der Waals surface area contributed by atoms with E-state index in [1.807, 2.05) is 12.3 Å². The number of thiazole rings is 1. The fraction of sp³-hybridized carbons (Fsp3) is 0.111. The van der Waals surface area contributed by atoms with Gasteiger partial charge in [-0.05, 0) is 25.1 Å². The van der Waals surface area contributed by atoms with Crippen LogP contribution in [-0.4, -0.2) is 15.8 Å². The first kappa shape index (κ1) is 19.0. The average Bonchev–Trinajstić information content (AvgIpc) is 3.05. The van der Waals surface area contributed by atoms with Crippen molar-refractivity contribution in [3.63, 3.8) is 0 Å². The van der Waals surface area contributed by atoms with Gasteiger partial charge in [0, 0.05) is 34.8 Å². The number of carbonyl (C=O) groups is 1. The van der Waals surface area contributed by atoms with Gasteiger partial charge in [-0.25, -0.2) is 9.37 Å². The van der Waals surface area contributed by atoms with Crippen molar-refractivity contribution in [2.75, 3.05) is 0 Å². The Morgan fingerprint density at radius 2 is 2.11 bits per heavy atom. The van der Waals surface area contributed by atoms with E-state index in [0.29, 0.717) is 14.8 Å². The van der Waals surface area contributed by atoms with Crippen LogP contribution < -0.4 is 5.32 Å². The standard InChI is InChI=1S/C18H14FN3O3S2/c1-11-10-26-18(21-11)27-16-7-6-12(8-15(16)22(24)25)17(23)20-9-13-4-2-3-5-14(13)19/h2-8,10H,9H2,1H3,(H,20,23). The third-order valence-corrected chi connectivity index (χ3v) is 5.73. The molecule has 2 aromatic carbocycles. The zero-order valence-electron chi connectivity index (χ0n) is 14.1. The van der Waals surface area contributed by atoms with Gasteiger partial charge in [-0.1, -0.05) is 30.0 Å². The lowest BCUT2D eigenvalue weighted by Crippen LogP contribution is -2.23. The number of nitrogens with one attached hydrogen (secondary N) is 1. The molecule has 0 bridgehead atoms. The second-order valence-corrected chi connectivity index (χ2v) is 7.72. The van der Waals surface area contributed by atoms with Gasteiger partial charge in [0.15, 0.2) is 4.34 Å². The molecule has 138 valence electrons. The third-order valence-electron chi connectivity index (χ3n) is 3.61. The summed E-state index contributed by atoms with van der Waals surface area (Å²) < 4.78 is 14.3. The van der Waals surface area contributed by atoms with Gasteiger partial charge < -0.3 is 5.32 Å². The molecule has 1 N–H and O–H groups in total. The first-order chi connectivity index (χ1) is 12.9. The second kappa shape index (κ2) is 8.28. The zero-order chi connectivity index (χ0) is 19.4. The number of carbonyl (C=O) groups excluding carboxylic acids is 1. The summed E-state index contributed by atoms with van der Waals surface area (Å²) in [6.45, 7) is 1.84. The van der Waals surface area contributed by atoms with Crippen molar-refractivity contribution in [1.82, 2.24) is 10.3 Å². The van der Waals surface area contributed by atoms with Crippen LogP contribution in [-0.2, 0) is 6.54 Å². The van der Waals surface area contributed by atoms with E-state index < -0.39 is 16.6 Å². The number of rotatable bonds is 6. The number of hydrogen-bond donors (Lipinski definition) is 1. The van der Waals surface area contributed by atoms with Crippen LogP contribution in [0.5, 0.6) is 0 Å². The van der Waals surface area contributed by atoms with Crippen molar-refractivity contribution >= 4 is 34.7 Å². The fourth-order valence-corrected chi connectivity index (χ4v) is 4.16. The first-order valence-corrected chi connectivity index (χ1v) is 9.53. The number of amides is 1. The highest BCUT2D eigenvalue weighted by molar-refractivity contribution is 8.01. The van der Waals surface area contributed by atoms with Gasteiger partial charge in [-0.3, -0.25) is 14.9 Å². The number of hydrogen-bond acceptors (Lipinski definition) is 6. The molecule has 3 aromatic rings. The maximum absolute atomic E-state index is 13.6. The molecular formula is C18H14FN3O3S2. The number of nitro benzene ring substituents is 1. The summed E-state index contributed by atoms with van der Waals surface area (Å²) >= 11 is 2.58. The van der Waals surface area contributed by atoms with Crippen molar-refractivity contribution in [2.24, 2.45) is 0 Å². The van der Waals surface area contributed by atoms with Gasteiger partial charge in [-0.15, -0.1) is 11.3 Å². The largest absolute Gasteiger partial charge is 0.348 e.